The van der Waals surface area contributed by atoms with E-state index in [1.54, 1.807) is 18.2 Å². The van der Waals surface area contributed by atoms with Gasteiger partial charge < -0.3 is 26.3 Å². The lowest BCUT2D eigenvalue weighted by molar-refractivity contribution is 0.0995. The van der Waals surface area contributed by atoms with Crippen LogP contribution in [0.1, 0.15) is 16.1 Å². The Hall–Kier alpha value is -5.44. The van der Waals surface area contributed by atoms with Gasteiger partial charge in [-0.25, -0.2) is 4.98 Å². The number of rotatable bonds is 9. The first-order chi connectivity index (χ1) is 18.5. The summed E-state index contributed by atoms with van der Waals surface area (Å²) in [6.45, 7) is 0.468. The third-order valence-electron chi connectivity index (χ3n) is 5.47. The van der Waals surface area contributed by atoms with E-state index in [9.17, 15) is 4.79 Å². The average molecular weight is 505 g/mol. The lowest BCUT2D eigenvalue weighted by Crippen LogP contribution is -2.12. The lowest BCUT2D eigenvalue weighted by Gasteiger charge is -2.11. The molecule has 0 aliphatic rings. The number of anilines is 3. The first-order valence-corrected chi connectivity index (χ1v) is 11.7. The summed E-state index contributed by atoms with van der Waals surface area (Å²) in [5.74, 6) is 1.82. The van der Waals surface area contributed by atoms with Crippen LogP contribution in [0.15, 0.2) is 103 Å². The first kappa shape index (κ1) is 24.3. The standard InChI is InChI=1S/C29H24N6O3/c30-28(36)26-16-24(13-14-32-26)38-22-11-9-21(10-12-22)33-27-17-25(34-29(31)35-27)20-7-4-8-23(15-20)37-18-19-5-2-1-3-6-19/h1-17H,18H2,(H2,30,36)(H3,31,33,34,35). The molecule has 0 atom stereocenters. The lowest BCUT2D eigenvalue weighted by atomic mass is 10.1. The summed E-state index contributed by atoms with van der Waals surface area (Å²) in [7, 11) is 0. The number of nitrogens with one attached hydrogen (secondary N) is 1. The highest BCUT2D eigenvalue weighted by molar-refractivity contribution is 5.91. The fourth-order valence-corrected chi connectivity index (χ4v) is 3.66. The molecule has 0 aliphatic carbocycles. The summed E-state index contributed by atoms with van der Waals surface area (Å²) >= 11 is 0. The van der Waals surface area contributed by atoms with E-state index in [0.717, 1.165) is 22.6 Å². The minimum absolute atomic E-state index is 0.131. The Morgan fingerprint density at radius 2 is 1.63 bits per heavy atom. The maximum Gasteiger partial charge on any atom is 0.267 e. The number of hydrogen-bond donors (Lipinski definition) is 3. The van der Waals surface area contributed by atoms with Gasteiger partial charge in [0, 0.05) is 29.6 Å². The highest BCUT2D eigenvalue weighted by atomic mass is 16.5. The second-order valence-electron chi connectivity index (χ2n) is 8.29. The zero-order chi connectivity index (χ0) is 26.3. The molecule has 0 radical (unpaired) electrons. The Kier molecular flexibility index (Phi) is 7.08. The molecule has 0 saturated carbocycles. The molecule has 38 heavy (non-hydrogen) atoms. The normalized spacial score (nSPS) is 10.5. The molecule has 1 amide bonds. The van der Waals surface area contributed by atoms with E-state index in [0.29, 0.717) is 29.6 Å². The van der Waals surface area contributed by atoms with Crippen LogP contribution in [0.4, 0.5) is 17.5 Å². The van der Waals surface area contributed by atoms with E-state index < -0.39 is 5.91 Å². The van der Waals surface area contributed by atoms with Crippen molar-refractivity contribution in [2.45, 2.75) is 6.61 Å². The van der Waals surface area contributed by atoms with E-state index in [1.165, 1.54) is 12.3 Å². The number of ether oxygens (including phenoxy) is 2. The van der Waals surface area contributed by atoms with Crippen molar-refractivity contribution in [2.24, 2.45) is 5.73 Å². The van der Waals surface area contributed by atoms with Crippen LogP contribution in [0.2, 0.25) is 0 Å². The zero-order valence-corrected chi connectivity index (χ0v) is 20.2. The van der Waals surface area contributed by atoms with Gasteiger partial charge in [0.15, 0.2) is 0 Å². The summed E-state index contributed by atoms with van der Waals surface area (Å²) in [5, 5.41) is 3.24. The second-order valence-corrected chi connectivity index (χ2v) is 8.29. The number of aromatic nitrogens is 3. The third-order valence-corrected chi connectivity index (χ3v) is 5.47. The third kappa shape index (κ3) is 6.21. The summed E-state index contributed by atoms with van der Waals surface area (Å²) < 4.78 is 11.8. The van der Waals surface area contributed by atoms with Gasteiger partial charge >= 0.3 is 0 Å². The number of carbonyl (C=O) groups is 1. The molecule has 9 heteroatoms. The van der Waals surface area contributed by atoms with Crippen molar-refractivity contribution < 1.29 is 14.3 Å². The molecule has 0 bridgehead atoms. The molecule has 3 aromatic carbocycles. The number of primary amides is 1. The summed E-state index contributed by atoms with van der Waals surface area (Å²) in [5.41, 5.74) is 14.8. The monoisotopic (exact) mass is 504 g/mol. The molecule has 5 rings (SSSR count). The van der Waals surface area contributed by atoms with Crippen LogP contribution in [0.3, 0.4) is 0 Å². The maximum atomic E-state index is 11.3. The number of pyridine rings is 1. The highest BCUT2D eigenvalue weighted by Gasteiger charge is 2.09. The Morgan fingerprint density at radius 3 is 2.42 bits per heavy atom. The van der Waals surface area contributed by atoms with E-state index >= 15 is 0 Å². The van der Waals surface area contributed by atoms with E-state index in [-0.39, 0.29) is 11.6 Å². The molecular weight excluding hydrogens is 480 g/mol. The molecular formula is C29H24N6O3. The molecule has 0 saturated heterocycles. The topological polar surface area (TPSA) is 138 Å². The SMILES string of the molecule is NC(=O)c1cc(Oc2ccc(Nc3cc(-c4cccc(OCc5ccccc5)c4)nc(N)n3)cc2)ccn1. The number of hydrogen-bond acceptors (Lipinski definition) is 8. The summed E-state index contributed by atoms with van der Waals surface area (Å²) in [4.78, 5) is 24.0. The minimum atomic E-state index is -0.620. The predicted octanol–water partition coefficient (Wildman–Crippen LogP) is 5.33. The molecule has 0 aliphatic heterocycles. The van der Waals surface area contributed by atoms with Gasteiger partial charge in [0.25, 0.3) is 5.91 Å². The van der Waals surface area contributed by atoms with E-state index in [4.69, 9.17) is 20.9 Å². The van der Waals surface area contributed by atoms with Crippen LogP contribution < -0.4 is 26.3 Å². The number of nitrogens with two attached hydrogens (primary N) is 2. The minimum Gasteiger partial charge on any atom is -0.489 e. The Balaban J connectivity index is 1.28. The predicted molar refractivity (Wildman–Crippen MR) is 145 cm³/mol. The summed E-state index contributed by atoms with van der Waals surface area (Å²) in [6.07, 6.45) is 1.47. The van der Waals surface area contributed by atoms with Crippen molar-refractivity contribution in [3.05, 3.63) is 115 Å². The molecule has 9 nitrogen and oxygen atoms in total. The van der Waals surface area contributed by atoms with E-state index in [2.05, 4.69) is 20.3 Å². The average Bonchev–Trinajstić information content (AvgIpc) is 2.93. The van der Waals surface area contributed by atoms with Crippen LogP contribution in [-0.4, -0.2) is 20.9 Å². The fourth-order valence-electron chi connectivity index (χ4n) is 3.66. The molecule has 2 aromatic heterocycles. The Morgan fingerprint density at radius 1 is 0.816 bits per heavy atom. The van der Waals surface area contributed by atoms with Crippen LogP contribution in [0.5, 0.6) is 17.2 Å². The van der Waals surface area contributed by atoms with Crippen LogP contribution in [0, 0.1) is 0 Å². The van der Waals surface area contributed by atoms with Gasteiger partial charge in [-0.1, -0.05) is 42.5 Å². The number of amides is 1. The van der Waals surface area contributed by atoms with Gasteiger partial charge in [0.1, 0.15) is 35.4 Å². The van der Waals surface area contributed by atoms with Gasteiger partial charge in [-0.3, -0.25) is 9.78 Å². The van der Waals surface area contributed by atoms with E-state index in [1.807, 2.05) is 72.8 Å². The molecule has 0 spiro atoms. The van der Waals surface area contributed by atoms with Crippen molar-refractivity contribution in [1.82, 2.24) is 15.0 Å². The molecule has 5 aromatic rings. The number of benzene rings is 3. The summed E-state index contributed by atoms with van der Waals surface area (Å²) in [6, 6.07) is 29.8. The van der Waals surface area contributed by atoms with Gasteiger partial charge in [0.2, 0.25) is 5.95 Å². The molecule has 188 valence electrons. The molecule has 5 N–H and O–H groups in total. The first-order valence-electron chi connectivity index (χ1n) is 11.7. The van der Waals surface area contributed by atoms with Gasteiger partial charge in [-0.2, -0.15) is 4.98 Å². The number of carbonyl (C=O) groups excluding carboxylic acids is 1. The molecule has 0 unspecified atom stereocenters. The van der Waals surface area contributed by atoms with Crippen molar-refractivity contribution in [3.63, 3.8) is 0 Å². The molecule has 2 heterocycles. The second kappa shape index (κ2) is 11.1. The molecule has 0 fully saturated rings. The maximum absolute atomic E-state index is 11.3. The Labute approximate surface area is 219 Å². The van der Waals surface area contributed by atoms with Crippen molar-refractivity contribution in [3.8, 4) is 28.5 Å². The largest absolute Gasteiger partial charge is 0.489 e. The van der Waals surface area contributed by atoms with Crippen molar-refractivity contribution in [1.29, 1.82) is 0 Å². The highest BCUT2D eigenvalue weighted by Crippen LogP contribution is 2.28. The van der Waals surface area contributed by atoms with Crippen LogP contribution in [0.25, 0.3) is 11.3 Å². The van der Waals surface area contributed by atoms with Gasteiger partial charge in [0.05, 0.1) is 5.69 Å². The van der Waals surface area contributed by atoms with Gasteiger partial charge in [-0.05, 0) is 48.0 Å². The van der Waals surface area contributed by atoms with Gasteiger partial charge in [-0.15, -0.1) is 0 Å². The smallest absolute Gasteiger partial charge is 0.267 e. The van der Waals surface area contributed by atoms with Crippen LogP contribution >= 0.6 is 0 Å². The zero-order valence-electron chi connectivity index (χ0n) is 20.2. The van der Waals surface area contributed by atoms with Crippen LogP contribution in [-0.2, 0) is 6.61 Å². The number of nitrogens with zero attached hydrogens (tertiary/aromatic N) is 3. The Bertz CT molecular complexity index is 1560. The van der Waals surface area contributed by atoms with Crippen molar-refractivity contribution in [2.75, 3.05) is 11.1 Å². The fraction of sp³-hybridized carbons (Fsp3) is 0.0345. The quantitative estimate of drug-likeness (QED) is 0.245. The van der Waals surface area contributed by atoms with Crippen molar-refractivity contribution >= 4 is 23.4 Å². The number of nitrogen functional groups attached to an aromatic ring is 1.